The molecule has 1 saturated heterocycles. The van der Waals surface area contributed by atoms with Gasteiger partial charge in [0.1, 0.15) is 5.75 Å². The van der Waals surface area contributed by atoms with Gasteiger partial charge in [-0.25, -0.2) is 0 Å². The van der Waals surface area contributed by atoms with Gasteiger partial charge in [0.25, 0.3) is 0 Å². The number of piperidine rings is 1. The molecule has 140 valence electrons. The number of amides is 1. The Kier molecular flexibility index (Phi) is 6.45. The zero-order chi connectivity index (χ0) is 19.2. The van der Waals surface area contributed by atoms with E-state index in [2.05, 4.69) is 15.9 Å². The molecule has 0 saturated carbocycles. The first-order valence-electron chi connectivity index (χ1n) is 8.97. The summed E-state index contributed by atoms with van der Waals surface area (Å²) in [5.74, 6) is 0.853. The number of ether oxygens (including phenoxy) is 1. The van der Waals surface area contributed by atoms with Crippen molar-refractivity contribution < 1.29 is 14.3 Å². The minimum atomic E-state index is -0.0297. The summed E-state index contributed by atoms with van der Waals surface area (Å²) in [6.45, 7) is 1.21. The lowest BCUT2D eigenvalue weighted by atomic mass is 9.89. The van der Waals surface area contributed by atoms with Crippen LogP contribution in [-0.2, 0) is 4.79 Å². The van der Waals surface area contributed by atoms with Crippen molar-refractivity contribution in [1.29, 1.82) is 0 Å². The molecule has 1 aliphatic rings. The fraction of sp³-hybridized carbons (Fsp3) is 0.273. The molecule has 1 aliphatic heterocycles. The van der Waals surface area contributed by atoms with Crippen LogP contribution in [0.4, 0.5) is 0 Å². The monoisotopic (exact) mass is 427 g/mol. The molecule has 0 atom stereocenters. The standard InChI is InChI=1S/C22H22BrNO3/c1-27-20-9-5-17(6-10-20)22(26)18-12-14-24(15-13-18)21(25)11-4-16-2-7-19(23)8-3-16/h2-11,18H,12-15H2,1H3. The van der Waals surface area contributed by atoms with E-state index in [4.69, 9.17) is 4.74 Å². The van der Waals surface area contributed by atoms with Gasteiger partial charge in [-0.1, -0.05) is 28.1 Å². The molecule has 1 amide bonds. The van der Waals surface area contributed by atoms with Crippen LogP contribution in [0.2, 0.25) is 0 Å². The molecule has 2 aromatic carbocycles. The summed E-state index contributed by atoms with van der Waals surface area (Å²) in [6.07, 6.45) is 4.82. The number of carbonyl (C=O) groups excluding carboxylic acids is 2. The predicted molar refractivity (Wildman–Crippen MR) is 110 cm³/mol. The maximum Gasteiger partial charge on any atom is 0.246 e. The third-order valence-electron chi connectivity index (χ3n) is 4.84. The highest BCUT2D eigenvalue weighted by atomic mass is 79.9. The van der Waals surface area contributed by atoms with Gasteiger partial charge in [-0.3, -0.25) is 9.59 Å². The zero-order valence-electron chi connectivity index (χ0n) is 15.2. The molecule has 27 heavy (non-hydrogen) atoms. The third kappa shape index (κ3) is 5.07. The number of nitrogens with zero attached hydrogens (tertiary/aromatic N) is 1. The van der Waals surface area contributed by atoms with E-state index >= 15 is 0 Å². The minimum Gasteiger partial charge on any atom is -0.497 e. The Morgan fingerprint density at radius 3 is 2.26 bits per heavy atom. The highest BCUT2D eigenvalue weighted by Crippen LogP contribution is 2.23. The molecule has 0 unspecified atom stereocenters. The van der Waals surface area contributed by atoms with Crippen LogP contribution >= 0.6 is 15.9 Å². The Balaban J connectivity index is 1.53. The number of hydrogen-bond donors (Lipinski definition) is 0. The van der Waals surface area contributed by atoms with Crippen molar-refractivity contribution in [3.8, 4) is 5.75 Å². The molecule has 4 nitrogen and oxygen atoms in total. The molecule has 0 aromatic heterocycles. The topological polar surface area (TPSA) is 46.6 Å². The SMILES string of the molecule is COc1ccc(C(=O)C2CCN(C(=O)C=Cc3ccc(Br)cc3)CC2)cc1. The first kappa shape index (κ1) is 19.4. The minimum absolute atomic E-state index is 0.00624. The van der Waals surface area contributed by atoms with E-state index in [1.807, 2.05) is 35.2 Å². The number of benzene rings is 2. The second-order valence-electron chi connectivity index (χ2n) is 6.58. The highest BCUT2D eigenvalue weighted by Gasteiger charge is 2.27. The Morgan fingerprint density at radius 1 is 1.04 bits per heavy atom. The molecular weight excluding hydrogens is 406 g/mol. The summed E-state index contributed by atoms with van der Waals surface area (Å²) >= 11 is 3.40. The van der Waals surface area contributed by atoms with Crippen molar-refractivity contribution in [2.24, 2.45) is 5.92 Å². The van der Waals surface area contributed by atoms with Crippen molar-refractivity contribution >= 4 is 33.7 Å². The van der Waals surface area contributed by atoms with Crippen molar-refractivity contribution in [2.45, 2.75) is 12.8 Å². The molecule has 3 rings (SSSR count). The number of halogens is 1. The van der Waals surface area contributed by atoms with Crippen LogP contribution < -0.4 is 4.74 Å². The van der Waals surface area contributed by atoms with Gasteiger partial charge >= 0.3 is 0 Å². The molecule has 0 bridgehead atoms. The Labute approximate surface area is 168 Å². The van der Waals surface area contributed by atoms with Crippen LogP contribution in [0.5, 0.6) is 5.75 Å². The summed E-state index contributed by atoms with van der Waals surface area (Å²) in [5, 5.41) is 0. The number of hydrogen-bond acceptors (Lipinski definition) is 3. The first-order chi connectivity index (χ1) is 13.1. The van der Waals surface area contributed by atoms with E-state index < -0.39 is 0 Å². The second-order valence-corrected chi connectivity index (χ2v) is 7.49. The number of carbonyl (C=O) groups is 2. The number of likely N-dealkylation sites (tertiary alicyclic amines) is 1. The number of methoxy groups -OCH3 is 1. The molecule has 0 spiro atoms. The van der Waals surface area contributed by atoms with Crippen LogP contribution in [0.25, 0.3) is 6.08 Å². The molecule has 1 heterocycles. The fourth-order valence-electron chi connectivity index (χ4n) is 3.20. The molecule has 5 heteroatoms. The van der Waals surface area contributed by atoms with E-state index in [1.54, 1.807) is 37.5 Å². The van der Waals surface area contributed by atoms with E-state index in [0.717, 1.165) is 15.8 Å². The maximum atomic E-state index is 12.7. The van der Waals surface area contributed by atoms with Crippen molar-refractivity contribution in [1.82, 2.24) is 4.90 Å². The van der Waals surface area contributed by atoms with Gasteiger partial charge in [0.2, 0.25) is 5.91 Å². The van der Waals surface area contributed by atoms with E-state index in [9.17, 15) is 9.59 Å². The van der Waals surface area contributed by atoms with E-state index in [1.165, 1.54) is 0 Å². The summed E-state index contributed by atoms with van der Waals surface area (Å²) in [5.41, 5.74) is 1.69. The van der Waals surface area contributed by atoms with E-state index in [-0.39, 0.29) is 17.6 Å². The zero-order valence-corrected chi connectivity index (χ0v) is 16.8. The van der Waals surface area contributed by atoms with Gasteiger partial charge < -0.3 is 9.64 Å². The van der Waals surface area contributed by atoms with Gasteiger partial charge in [-0.15, -0.1) is 0 Å². The Bertz CT molecular complexity index is 820. The molecule has 0 aliphatic carbocycles. The summed E-state index contributed by atoms with van der Waals surface area (Å²) in [7, 11) is 1.61. The van der Waals surface area contributed by atoms with Gasteiger partial charge in [-0.05, 0) is 60.9 Å². The second kappa shape index (κ2) is 9.00. The number of ketones is 1. The Morgan fingerprint density at radius 2 is 1.67 bits per heavy atom. The first-order valence-corrected chi connectivity index (χ1v) is 9.77. The lowest BCUT2D eigenvalue weighted by Crippen LogP contribution is -2.39. The largest absolute Gasteiger partial charge is 0.497 e. The Hall–Kier alpha value is -2.40. The summed E-state index contributed by atoms with van der Waals surface area (Å²) in [6, 6.07) is 15.0. The lowest BCUT2D eigenvalue weighted by Gasteiger charge is -2.30. The maximum absolute atomic E-state index is 12.7. The normalized spacial score (nSPS) is 15.1. The summed E-state index contributed by atoms with van der Waals surface area (Å²) in [4.78, 5) is 26.9. The van der Waals surface area contributed by atoms with Gasteiger partial charge in [0.05, 0.1) is 7.11 Å². The quantitative estimate of drug-likeness (QED) is 0.517. The molecule has 1 fully saturated rings. The van der Waals surface area contributed by atoms with Gasteiger partial charge in [-0.2, -0.15) is 0 Å². The third-order valence-corrected chi connectivity index (χ3v) is 5.37. The van der Waals surface area contributed by atoms with Crippen LogP contribution in [0.3, 0.4) is 0 Å². The molecule has 0 radical (unpaired) electrons. The highest BCUT2D eigenvalue weighted by molar-refractivity contribution is 9.10. The van der Waals surface area contributed by atoms with Crippen LogP contribution in [0.1, 0.15) is 28.8 Å². The van der Waals surface area contributed by atoms with Crippen LogP contribution in [-0.4, -0.2) is 36.8 Å². The fourth-order valence-corrected chi connectivity index (χ4v) is 3.46. The molecular formula is C22H22BrNO3. The summed E-state index contributed by atoms with van der Waals surface area (Å²) < 4.78 is 6.14. The van der Waals surface area contributed by atoms with Crippen LogP contribution in [0.15, 0.2) is 59.1 Å². The average Bonchev–Trinajstić information content (AvgIpc) is 2.73. The molecule has 0 N–H and O–H groups in total. The van der Waals surface area contributed by atoms with Gasteiger partial charge in [0, 0.05) is 35.1 Å². The van der Waals surface area contributed by atoms with Gasteiger partial charge in [0.15, 0.2) is 5.78 Å². The van der Waals surface area contributed by atoms with Crippen molar-refractivity contribution in [3.05, 3.63) is 70.2 Å². The van der Waals surface area contributed by atoms with Crippen LogP contribution in [0, 0.1) is 5.92 Å². The smallest absolute Gasteiger partial charge is 0.246 e. The molecule has 2 aromatic rings. The lowest BCUT2D eigenvalue weighted by molar-refractivity contribution is -0.127. The van der Waals surface area contributed by atoms with Crippen molar-refractivity contribution in [2.75, 3.05) is 20.2 Å². The number of rotatable bonds is 5. The average molecular weight is 428 g/mol. The number of Topliss-reactive ketones (excluding diaryl/α,β-unsaturated/α-hetero) is 1. The van der Waals surface area contributed by atoms with E-state index in [0.29, 0.717) is 31.5 Å². The predicted octanol–water partition coefficient (Wildman–Crippen LogP) is 4.59. The van der Waals surface area contributed by atoms with Crippen molar-refractivity contribution in [3.63, 3.8) is 0 Å².